The van der Waals surface area contributed by atoms with Crippen LogP contribution in [0, 0.1) is 0 Å². The van der Waals surface area contributed by atoms with E-state index >= 15 is 0 Å². The first-order valence-electron chi connectivity index (χ1n) is 6.38. The molecule has 7 heteroatoms. The van der Waals surface area contributed by atoms with Gasteiger partial charge in [0.25, 0.3) is 0 Å². The van der Waals surface area contributed by atoms with Crippen LogP contribution in [0.15, 0.2) is 6.20 Å². The van der Waals surface area contributed by atoms with Crippen LogP contribution >= 0.6 is 0 Å². The van der Waals surface area contributed by atoms with Crippen LogP contribution in [0.3, 0.4) is 0 Å². The van der Waals surface area contributed by atoms with Crippen LogP contribution in [0.25, 0.3) is 0 Å². The molecule has 0 bridgehead atoms. The van der Waals surface area contributed by atoms with E-state index in [2.05, 4.69) is 15.6 Å². The predicted octanol–water partition coefficient (Wildman–Crippen LogP) is 0.999. The zero-order valence-electron chi connectivity index (χ0n) is 11.5. The summed E-state index contributed by atoms with van der Waals surface area (Å²) in [6, 6.07) is 0.342. The summed E-state index contributed by atoms with van der Waals surface area (Å²) < 4.78 is 6.92. The fourth-order valence-corrected chi connectivity index (χ4v) is 1.96. The summed E-state index contributed by atoms with van der Waals surface area (Å²) in [7, 11) is 0. The van der Waals surface area contributed by atoms with E-state index in [4.69, 9.17) is 9.84 Å². The molecule has 1 aromatic rings. The summed E-state index contributed by atoms with van der Waals surface area (Å²) in [4.78, 5) is 11.6. The smallest absolute Gasteiger partial charge is 0.407 e. The summed E-state index contributed by atoms with van der Waals surface area (Å²) in [5.41, 5.74) is 0.0818. The molecular weight excluding hydrogens is 248 g/mol. The van der Waals surface area contributed by atoms with Gasteiger partial charge in [-0.2, -0.15) is 0 Å². The van der Waals surface area contributed by atoms with Gasteiger partial charge in [-0.3, -0.25) is 0 Å². The highest BCUT2D eigenvalue weighted by Gasteiger charge is 2.33. The number of nitrogens with zero attached hydrogens (tertiary/aromatic N) is 3. The second-order valence-corrected chi connectivity index (χ2v) is 5.82. The molecule has 1 heterocycles. The number of hydrogen-bond acceptors (Lipinski definition) is 5. The molecule has 0 aromatic carbocycles. The minimum Gasteiger partial charge on any atom is -0.444 e. The molecule has 0 unspecified atom stereocenters. The van der Waals surface area contributed by atoms with Gasteiger partial charge in [0, 0.05) is 6.04 Å². The summed E-state index contributed by atoms with van der Waals surface area (Å²) in [5.74, 6) is 0. The highest BCUT2D eigenvalue weighted by Crippen LogP contribution is 2.31. The number of aliphatic hydroxyl groups excluding tert-OH is 1. The molecule has 7 nitrogen and oxygen atoms in total. The molecule has 1 aliphatic rings. The molecule has 1 aliphatic carbocycles. The summed E-state index contributed by atoms with van der Waals surface area (Å²) in [5, 5.41) is 19.5. The van der Waals surface area contributed by atoms with Gasteiger partial charge in [0.05, 0.1) is 18.8 Å². The third kappa shape index (κ3) is 3.66. The number of carbonyl (C=O) groups excluding carboxylic acids is 1. The maximum Gasteiger partial charge on any atom is 0.407 e. The van der Waals surface area contributed by atoms with Crippen molar-refractivity contribution in [1.29, 1.82) is 0 Å². The van der Waals surface area contributed by atoms with Crippen molar-refractivity contribution < 1.29 is 14.6 Å². The summed E-state index contributed by atoms with van der Waals surface area (Å²) in [6.45, 7) is 5.40. The Bertz CT molecular complexity index is 446. The molecule has 0 saturated heterocycles. The highest BCUT2D eigenvalue weighted by atomic mass is 16.6. The minimum atomic E-state index is -0.477. The van der Waals surface area contributed by atoms with E-state index in [1.165, 1.54) is 0 Å². The first-order valence-corrected chi connectivity index (χ1v) is 6.38. The minimum absolute atomic E-state index is 0.105. The van der Waals surface area contributed by atoms with Crippen LogP contribution in [-0.2, 0) is 11.3 Å². The number of rotatable bonds is 3. The van der Waals surface area contributed by atoms with Gasteiger partial charge in [0.2, 0.25) is 0 Å². The maximum absolute atomic E-state index is 11.6. The number of aromatic nitrogens is 3. The van der Waals surface area contributed by atoms with E-state index in [-0.39, 0.29) is 24.8 Å². The van der Waals surface area contributed by atoms with E-state index in [9.17, 15) is 4.79 Å². The Balaban J connectivity index is 1.76. The van der Waals surface area contributed by atoms with Crippen molar-refractivity contribution in [2.45, 2.75) is 57.9 Å². The third-order valence-electron chi connectivity index (χ3n) is 2.93. The quantitative estimate of drug-likeness (QED) is 0.853. The van der Waals surface area contributed by atoms with Crippen LogP contribution in [-0.4, -0.2) is 37.8 Å². The Hall–Kier alpha value is -1.63. The second-order valence-electron chi connectivity index (χ2n) is 5.82. The van der Waals surface area contributed by atoms with Crippen molar-refractivity contribution in [2.24, 2.45) is 0 Å². The number of hydrogen-bond donors (Lipinski definition) is 2. The van der Waals surface area contributed by atoms with Crippen LogP contribution in [0.2, 0.25) is 0 Å². The molecule has 0 aliphatic heterocycles. The van der Waals surface area contributed by atoms with E-state index in [0.717, 1.165) is 12.8 Å². The van der Waals surface area contributed by atoms with Crippen molar-refractivity contribution in [3.63, 3.8) is 0 Å². The third-order valence-corrected chi connectivity index (χ3v) is 2.93. The number of aliphatic hydroxyl groups is 1. The first-order chi connectivity index (χ1) is 8.87. The molecule has 1 amide bonds. The number of carbonyl (C=O) groups is 1. The summed E-state index contributed by atoms with van der Waals surface area (Å²) in [6.07, 6.45) is 2.94. The second kappa shape index (κ2) is 5.16. The topological polar surface area (TPSA) is 89.3 Å². The maximum atomic E-state index is 11.6. The average molecular weight is 268 g/mol. The van der Waals surface area contributed by atoms with Gasteiger partial charge in [0.15, 0.2) is 0 Å². The average Bonchev–Trinajstić information content (AvgIpc) is 2.68. The highest BCUT2D eigenvalue weighted by molar-refractivity contribution is 5.68. The fraction of sp³-hybridized carbons (Fsp3) is 0.750. The van der Waals surface area contributed by atoms with Crippen LogP contribution in [0.4, 0.5) is 4.79 Å². The van der Waals surface area contributed by atoms with E-state index in [0.29, 0.717) is 5.69 Å². The van der Waals surface area contributed by atoms with Gasteiger partial charge in [-0.15, -0.1) is 5.10 Å². The molecule has 0 atom stereocenters. The predicted molar refractivity (Wildman–Crippen MR) is 67.4 cm³/mol. The van der Waals surface area contributed by atoms with Crippen molar-refractivity contribution in [2.75, 3.05) is 0 Å². The van der Waals surface area contributed by atoms with Gasteiger partial charge >= 0.3 is 6.09 Å². The van der Waals surface area contributed by atoms with Crippen molar-refractivity contribution in [1.82, 2.24) is 20.3 Å². The zero-order valence-corrected chi connectivity index (χ0v) is 11.5. The number of ether oxygens (including phenoxy) is 1. The fourth-order valence-electron chi connectivity index (χ4n) is 1.96. The van der Waals surface area contributed by atoms with Crippen LogP contribution in [0.5, 0.6) is 0 Å². The first kappa shape index (κ1) is 13.8. The lowest BCUT2D eigenvalue weighted by Gasteiger charge is -2.35. The SMILES string of the molecule is CC(C)(C)OC(=O)NC1CC(n2cc(CO)nn2)C1. The number of amides is 1. The van der Waals surface area contributed by atoms with Gasteiger partial charge in [0.1, 0.15) is 11.3 Å². The molecule has 0 radical (unpaired) electrons. The molecule has 106 valence electrons. The molecular formula is C12H20N4O3. The van der Waals surface area contributed by atoms with Crippen molar-refractivity contribution in [3.05, 3.63) is 11.9 Å². The molecule has 1 aromatic heterocycles. The monoisotopic (exact) mass is 268 g/mol. The molecule has 2 rings (SSSR count). The molecule has 0 spiro atoms. The lowest BCUT2D eigenvalue weighted by Crippen LogP contribution is -2.46. The van der Waals surface area contributed by atoms with Crippen molar-refractivity contribution in [3.8, 4) is 0 Å². The van der Waals surface area contributed by atoms with E-state index in [1.54, 1.807) is 10.9 Å². The number of nitrogens with one attached hydrogen (secondary N) is 1. The molecule has 1 saturated carbocycles. The van der Waals surface area contributed by atoms with Crippen molar-refractivity contribution >= 4 is 6.09 Å². The van der Waals surface area contributed by atoms with Crippen LogP contribution in [0.1, 0.15) is 45.3 Å². The lowest BCUT2D eigenvalue weighted by atomic mass is 9.87. The Morgan fingerprint density at radius 1 is 1.58 bits per heavy atom. The Morgan fingerprint density at radius 2 is 2.26 bits per heavy atom. The van der Waals surface area contributed by atoms with Gasteiger partial charge < -0.3 is 15.2 Å². The Labute approximate surface area is 111 Å². The Morgan fingerprint density at radius 3 is 2.79 bits per heavy atom. The molecule has 1 fully saturated rings. The normalized spacial score (nSPS) is 22.7. The lowest BCUT2D eigenvalue weighted by molar-refractivity contribution is 0.0452. The molecule has 19 heavy (non-hydrogen) atoms. The zero-order chi connectivity index (χ0) is 14.0. The van der Waals surface area contributed by atoms with Crippen LogP contribution < -0.4 is 5.32 Å². The van der Waals surface area contributed by atoms with Gasteiger partial charge in [-0.25, -0.2) is 9.48 Å². The van der Waals surface area contributed by atoms with Gasteiger partial charge in [-0.1, -0.05) is 5.21 Å². The van der Waals surface area contributed by atoms with Gasteiger partial charge in [-0.05, 0) is 33.6 Å². The largest absolute Gasteiger partial charge is 0.444 e. The van der Waals surface area contributed by atoms with E-state index < -0.39 is 5.60 Å². The molecule has 2 N–H and O–H groups in total. The standard InChI is InChI=1S/C12H20N4O3/c1-12(2,3)19-11(18)13-8-4-10(5-8)16-6-9(7-17)14-15-16/h6,8,10,17H,4-5,7H2,1-3H3,(H,13,18). The summed E-state index contributed by atoms with van der Waals surface area (Å²) >= 11 is 0. The Kier molecular flexibility index (Phi) is 3.75. The number of alkyl carbamates (subject to hydrolysis) is 1. The van der Waals surface area contributed by atoms with E-state index in [1.807, 2.05) is 20.8 Å².